The van der Waals surface area contributed by atoms with E-state index in [9.17, 15) is 9.90 Å². The predicted molar refractivity (Wildman–Crippen MR) is 127 cm³/mol. The number of halogens is 2. The van der Waals surface area contributed by atoms with Crippen LogP contribution in [0.3, 0.4) is 0 Å². The Labute approximate surface area is 199 Å². The first-order chi connectivity index (χ1) is 15.4. The second-order valence-corrected chi connectivity index (χ2v) is 10.6. The highest BCUT2D eigenvalue weighted by atomic mass is 35.5. The first-order valence-corrected chi connectivity index (χ1v) is 12.3. The van der Waals surface area contributed by atoms with Gasteiger partial charge >= 0.3 is 5.97 Å². The number of piperidine rings is 1. The molecule has 32 heavy (non-hydrogen) atoms. The molecule has 2 aliphatic heterocycles. The number of benzene rings is 2. The number of carboxylic acids is 1. The molecule has 0 aromatic heterocycles. The highest BCUT2D eigenvalue weighted by Gasteiger charge is 2.44. The molecule has 5 rings (SSSR count). The van der Waals surface area contributed by atoms with E-state index in [0.29, 0.717) is 18.4 Å². The lowest BCUT2D eigenvalue weighted by molar-refractivity contribution is -0.141. The largest absolute Gasteiger partial charge is 0.492 e. The fraction of sp³-hybridized carbons (Fsp3) is 0.500. The van der Waals surface area contributed by atoms with Crippen molar-refractivity contribution in [1.29, 1.82) is 0 Å². The first-order valence-electron chi connectivity index (χ1n) is 11.5. The predicted octanol–water partition coefficient (Wildman–Crippen LogP) is 6.10. The van der Waals surface area contributed by atoms with E-state index in [0.717, 1.165) is 66.7 Å². The van der Waals surface area contributed by atoms with Crippen LogP contribution in [0.1, 0.15) is 61.1 Å². The number of carboxylic acid groups (broad SMARTS) is 1. The van der Waals surface area contributed by atoms with Gasteiger partial charge in [-0.25, -0.2) is 0 Å². The number of aliphatic carboxylic acids is 1. The van der Waals surface area contributed by atoms with Crippen LogP contribution in [-0.2, 0) is 10.2 Å². The molecular weight excluding hydrogens is 445 g/mol. The van der Waals surface area contributed by atoms with Crippen molar-refractivity contribution in [1.82, 2.24) is 4.90 Å². The number of nitrogens with zero attached hydrogens (tertiary/aromatic N) is 1. The summed E-state index contributed by atoms with van der Waals surface area (Å²) in [5, 5.41) is 10.7. The van der Waals surface area contributed by atoms with Crippen LogP contribution in [-0.4, -0.2) is 42.2 Å². The lowest BCUT2D eigenvalue weighted by Gasteiger charge is -2.40. The van der Waals surface area contributed by atoms with Gasteiger partial charge in [0.2, 0.25) is 0 Å². The number of likely N-dealkylation sites (tertiary alicyclic amines) is 1. The number of fused-ring (bicyclic) bond motifs is 2. The zero-order valence-corrected chi connectivity index (χ0v) is 19.8. The summed E-state index contributed by atoms with van der Waals surface area (Å²) in [6, 6.07) is 12.5. The maximum Gasteiger partial charge on any atom is 0.307 e. The third kappa shape index (κ3) is 3.81. The van der Waals surface area contributed by atoms with Crippen LogP contribution in [0.25, 0.3) is 0 Å². The number of hydrogen-bond donors (Lipinski definition) is 1. The molecule has 0 radical (unpaired) electrons. The van der Waals surface area contributed by atoms with E-state index < -0.39 is 5.97 Å². The van der Waals surface area contributed by atoms with E-state index in [2.05, 4.69) is 23.1 Å². The van der Waals surface area contributed by atoms with Crippen LogP contribution in [0, 0.1) is 5.92 Å². The second-order valence-electron chi connectivity index (χ2n) is 9.79. The van der Waals surface area contributed by atoms with Crippen molar-refractivity contribution in [3.05, 3.63) is 63.1 Å². The molecule has 2 aromatic carbocycles. The molecule has 1 saturated carbocycles. The van der Waals surface area contributed by atoms with Gasteiger partial charge in [-0.1, -0.05) is 48.3 Å². The van der Waals surface area contributed by atoms with Crippen LogP contribution in [0.4, 0.5) is 0 Å². The third-order valence-corrected chi connectivity index (χ3v) is 8.58. The molecule has 2 heterocycles. The molecule has 3 atom stereocenters. The van der Waals surface area contributed by atoms with E-state index in [1.807, 2.05) is 18.2 Å². The van der Waals surface area contributed by atoms with E-state index in [1.165, 1.54) is 11.1 Å². The van der Waals surface area contributed by atoms with Gasteiger partial charge in [0.15, 0.2) is 0 Å². The van der Waals surface area contributed by atoms with Crippen LogP contribution in [0.5, 0.6) is 5.75 Å². The summed E-state index contributed by atoms with van der Waals surface area (Å²) >= 11 is 13.0. The van der Waals surface area contributed by atoms with Crippen LogP contribution < -0.4 is 4.74 Å². The maximum atomic E-state index is 11.2. The molecule has 3 aliphatic rings. The van der Waals surface area contributed by atoms with E-state index >= 15 is 0 Å². The summed E-state index contributed by atoms with van der Waals surface area (Å²) in [4.78, 5) is 13.5. The number of hydrogen-bond acceptors (Lipinski definition) is 3. The molecule has 0 amide bonds. The molecule has 1 aliphatic carbocycles. The number of ether oxygens (including phenoxy) is 1. The second kappa shape index (κ2) is 8.55. The van der Waals surface area contributed by atoms with Gasteiger partial charge in [0.1, 0.15) is 5.75 Å². The summed E-state index contributed by atoms with van der Waals surface area (Å²) in [6.45, 7) is 4.95. The Hall–Kier alpha value is -1.75. The Kier molecular flexibility index (Phi) is 5.90. The Balaban J connectivity index is 1.31. The molecule has 1 N–H and O–H groups in total. The molecule has 2 aromatic rings. The summed E-state index contributed by atoms with van der Waals surface area (Å²) in [5.74, 6) is 0.729. The van der Waals surface area contributed by atoms with Gasteiger partial charge < -0.3 is 14.7 Å². The van der Waals surface area contributed by atoms with Crippen molar-refractivity contribution in [2.75, 3.05) is 26.2 Å². The minimum absolute atomic E-state index is 0.0574. The van der Waals surface area contributed by atoms with Crippen molar-refractivity contribution in [2.24, 2.45) is 5.92 Å². The lowest BCUT2D eigenvalue weighted by atomic mass is 9.66. The molecule has 0 bridgehead atoms. The Bertz CT molecular complexity index is 1010. The van der Waals surface area contributed by atoms with Crippen molar-refractivity contribution in [2.45, 2.75) is 49.9 Å². The van der Waals surface area contributed by atoms with E-state index in [4.69, 9.17) is 27.9 Å². The molecule has 6 heteroatoms. The zero-order valence-electron chi connectivity index (χ0n) is 18.3. The van der Waals surface area contributed by atoms with Crippen molar-refractivity contribution < 1.29 is 14.6 Å². The van der Waals surface area contributed by atoms with E-state index in [1.54, 1.807) is 6.92 Å². The normalized spacial score (nSPS) is 25.1. The van der Waals surface area contributed by atoms with Crippen LogP contribution in [0.15, 0.2) is 36.4 Å². The summed E-state index contributed by atoms with van der Waals surface area (Å²) < 4.78 is 6.23. The van der Waals surface area contributed by atoms with Crippen molar-refractivity contribution in [3.8, 4) is 5.75 Å². The van der Waals surface area contributed by atoms with Gasteiger partial charge in [0, 0.05) is 27.6 Å². The van der Waals surface area contributed by atoms with Crippen LogP contribution in [0.2, 0.25) is 10.0 Å². The quantitative estimate of drug-likeness (QED) is 0.569. The minimum Gasteiger partial charge on any atom is -0.492 e. The molecule has 3 unspecified atom stereocenters. The SMILES string of the molecule is CC(CN1CCC2(CC1)COc1cc(C3CCC3c3c(Cl)cccc3Cl)ccc12)C(=O)O. The first kappa shape index (κ1) is 22.1. The topological polar surface area (TPSA) is 49.8 Å². The van der Waals surface area contributed by atoms with Crippen LogP contribution >= 0.6 is 23.2 Å². The van der Waals surface area contributed by atoms with Gasteiger partial charge in [-0.15, -0.1) is 0 Å². The van der Waals surface area contributed by atoms with Gasteiger partial charge in [0.05, 0.1) is 12.5 Å². The van der Waals surface area contributed by atoms with Gasteiger partial charge in [-0.2, -0.15) is 0 Å². The summed E-state index contributed by atoms with van der Waals surface area (Å²) in [6.07, 6.45) is 4.24. The molecule has 2 fully saturated rings. The van der Waals surface area contributed by atoms with E-state index in [-0.39, 0.29) is 11.3 Å². The monoisotopic (exact) mass is 473 g/mol. The fourth-order valence-electron chi connectivity index (χ4n) is 5.77. The Morgan fingerprint density at radius 1 is 1.16 bits per heavy atom. The molecule has 4 nitrogen and oxygen atoms in total. The molecular formula is C26H29Cl2NO3. The fourth-order valence-corrected chi connectivity index (χ4v) is 6.45. The molecule has 170 valence electrons. The summed E-state index contributed by atoms with van der Waals surface area (Å²) in [7, 11) is 0. The van der Waals surface area contributed by atoms with Crippen molar-refractivity contribution in [3.63, 3.8) is 0 Å². The Morgan fingerprint density at radius 2 is 1.84 bits per heavy atom. The zero-order chi connectivity index (χ0) is 22.5. The minimum atomic E-state index is -0.722. The summed E-state index contributed by atoms with van der Waals surface area (Å²) in [5.41, 5.74) is 3.76. The van der Waals surface area contributed by atoms with Gasteiger partial charge in [0.25, 0.3) is 0 Å². The van der Waals surface area contributed by atoms with Gasteiger partial charge in [-0.05, 0) is 79.9 Å². The third-order valence-electron chi connectivity index (χ3n) is 7.92. The van der Waals surface area contributed by atoms with Gasteiger partial charge in [-0.3, -0.25) is 4.79 Å². The average molecular weight is 474 g/mol. The number of rotatable bonds is 5. The molecule has 1 spiro atoms. The lowest BCUT2D eigenvalue weighted by Crippen LogP contribution is -2.45. The highest BCUT2D eigenvalue weighted by Crippen LogP contribution is 2.54. The standard InChI is InChI=1S/C26H29Cl2NO3/c1-16(25(30)31)14-29-11-9-26(10-12-29)15-32-23-13-17(5-8-20(23)26)18-6-7-19(18)24-21(27)3-2-4-22(24)28/h2-5,8,13,16,18-19H,6-7,9-12,14-15H2,1H3,(H,30,31). The maximum absolute atomic E-state index is 11.2. The smallest absolute Gasteiger partial charge is 0.307 e. The average Bonchev–Trinajstić information content (AvgIpc) is 3.09. The Morgan fingerprint density at radius 3 is 2.47 bits per heavy atom. The molecule has 1 saturated heterocycles. The number of carbonyl (C=O) groups is 1. The highest BCUT2D eigenvalue weighted by molar-refractivity contribution is 6.36. The van der Waals surface area contributed by atoms with Crippen molar-refractivity contribution >= 4 is 29.2 Å².